The fourth-order valence-corrected chi connectivity index (χ4v) is 7.21. The van der Waals surface area contributed by atoms with Gasteiger partial charge in [-0.1, -0.05) is 84.4 Å². The maximum absolute atomic E-state index is 14.7. The maximum Gasteiger partial charge on any atom is 0.324 e. The molecule has 38 heavy (non-hydrogen) atoms. The lowest BCUT2D eigenvalue weighted by Crippen LogP contribution is -2.47. The van der Waals surface area contributed by atoms with E-state index in [9.17, 15) is 9.59 Å². The second-order valence-corrected chi connectivity index (χ2v) is 12.4. The van der Waals surface area contributed by atoms with E-state index in [4.69, 9.17) is 16.3 Å². The van der Waals surface area contributed by atoms with Crippen molar-refractivity contribution < 1.29 is 14.3 Å². The predicted octanol–water partition coefficient (Wildman–Crippen LogP) is 6.86. The van der Waals surface area contributed by atoms with Gasteiger partial charge in [-0.05, 0) is 55.7 Å². The van der Waals surface area contributed by atoms with Crippen molar-refractivity contribution in [1.29, 1.82) is 0 Å². The molecule has 4 unspecified atom stereocenters. The number of thioether (sulfide) groups is 1. The van der Waals surface area contributed by atoms with Crippen LogP contribution >= 0.6 is 23.4 Å². The van der Waals surface area contributed by atoms with Crippen molar-refractivity contribution in [3.63, 3.8) is 0 Å². The quantitative estimate of drug-likeness (QED) is 0.286. The molecule has 6 heteroatoms. The molecule has 2 heterocycles. The van der Waals surface area contributed by atoms with Gasteiger partial charge < -0.3 is 4.74 Å². The number of Topliss-reactive ketones (excluding diaryl/α,β-unsaturated/α-hetero) is 1. The summed E-state index contributed by atoms with van der Waals surface area (Å²) in [5.74, 6) is 0.517. The molecule has 196 valence electrons. The molecule has 2 aliphatic heterocycles. The second kappa shape index (κ2) is 10.7. The summed E-state index contributed by atoms with van der Waals surface area (Å²) >= 11 is 7.98. The van der Waals surface area contributed by atoms with Crippen molar-refractivity contribution in [2.75, 3.05) is 11.5 Å². The molecular weight excluding hydrogens is 514 g/mol. The normalized spacial score (nSPS) is 26.6. The second-order valence-electron chi connectivity index (χ2n) is 11.0. The SMILES string of the molecule is CC(C)(C)OC(=O)C1NC(c2ccc(Cl)cc2)C2(CSC/C(=C\c3ccccc3)C2=O)C1c1ccccc1. The molecule has 2 saturated heterocycles. The molecule has 2 fully saturated rings. The Morgan fingerprint density at radius 3 is 2.24 bits per heavy atom. The van der Waals surface area contributed by atoms with Crippen molar-refractivity contribution in [1.82, 2.24) is 5.32 Å². The minimum Gasteiger partial charge on any atom is -0.459 e. The molecule has 2 aliphatic rings. The van der Waals surface area contributed by atoms with Crippen molar-refractivity contribution >= 4 is 41.2 Å². The average molecular weight is 546 g/mol. The number of halogens is 1. The monoisotopic (exact) mass is 545 g/mol. The molecule has 0 bridgehead atoms. The van der Waals surface area contributed by atoms with Gasteiger partial charge in [0, 0.05) is 34.1 Å². The van der Waals surface area contributed by atoms with Crippen LogP contribution in [0.2, 0.25) is 5.02 Å². The van der Waals surface area contributed by atoms with E-state index in [0.717, 1.165) is 22.3 Å². The summed E-state index contributed by atoms with van der Waals surface area (Å²) in [4.78, 5) is 28.5. The standard InChI is InChI=1S/C32H32ClNO3S/c1-31(2,3)37-30(36)27-26(22-12-8-5-9-13-22)32(28(34-27)23-14-16-25(33)17-15-23)20-38-19-24(29(32)35)18-21-10-6-4-7-11-21/h4-18,26-28,34H,19-20H2,1-3H3/b24-18+. The van der Waals surface area contributed by atoms with Crippen LogP contribution in [0.25, 0.3) is 6.08 Å². The largest absolute Gasteiger partial charge is 0.459 e. The van der Waals surface area contributed by atoms with Crippen LogP contribution in [0.15, 0.2) is 90.5 Å². The molecule has 0 amide bonds. The highest BCUT2D eigenvalue weighted by atomic mass is 35.5. The third-order valence-corrected chi connectivity index (χ3v) is 8.67. The number of ketones is 1. The summed E-state index contributed by atoms with van der Waals surface area (Å²) in [7, 11) is 0. The van der Waals surface area contributed by atoms with E-state index >= 15 is 0 Å². The number of esters is 1. The van der Waals surface area contributed by atoms with Crippen LogP contribution in [-0.2, 0) is 14.3 Å². The summed E-state index contributed by atoms with van der Waals surface area (Å²) in [6, 6.07) is 26.3. The summed E-state index contributed by atoms with van der Waals surface area (Å²) in [5, 5.41) is 4.22. The van der Waals surface area contributed by atoms with Crippen LogP contribution in [0.5, 0.6) is 0 Å². The van der Waals surface area contributed by atoms with E-state index in [0.29, 0.717) is 16.5 Å². The maximum atomic E-state index is 14.7. The first-order chi connectivity index (χ1) is 18.2. The molecule has 0 aromatic heterocycles. The lowest BCUT2D eigenvalue weighted by atomic mass is 9.64. The highest BCUT2D eigenvalue weighted by molar-refractivity contribution is 7.99. The number of hydrogen-bond donors (Lipinski definition) is 1. The number of benzene rings is 3. The number of ether oxygens (including phenoxy) is 1. The molecule has 1 spiro atoms. The lowest BCUT2D eigenvalue weighted by molar-refractivity contribution is -0.157. The van der Waals surface area contributed by atoms with Gasteiger partial charge in [0.15, 0.2) is 5.78 Å². The minimum absolute atomic E-state index is 0.0764. The van der Waals surface area contributed by atoms with Crippen LogP contribution in [-0.4, -0.2) is 34.9 Å². The van der Waals surface area contributed by atoms with Crippen molar-refractivity contribution in [2.24, 2.45) is 5.41 Å². The molecule has 0 saturated carbocycles. The van der Waals surface area contributed by atoms with Gasteiger partial charge >= 0.3 is 5.97 Å². The molecule has 5 rings (SSSR count). The number of nitrogens with one attached hydrogen (secondary N) is 1. The number of rotatable bonds is 4. The zero-order valence-corrected chi connectivity index (χ0v) is 23.4. The molecule has 4 nitrogen and oxygen atoms in total. The van der Waals surface area contributed by atoms with Crippen LogP contribution in [0, 0.1) is 5.41 Å². The van der Waals surface area contributed by atoms with Crippen LogP contribution < -0.4 is 5.32 Å². The predicted molar refractivity (Wildman–Crippen MR) is 155 cm³/mol. The number of carbonyl (C=O) groups excluding carboxylic acids is 2. The minimum atomic E-state index is -0.902. The van der Waals surface area contributed by atoms with E-state index in [1.165, 1.54) is 0 Å². The van der Waals surface area contributed by atoms with Gasteiger partial charge in [-0.25, -0.2) is 0 Å². The first-order valence-electron chi connectivity index (χ1n) is 12.9. The van der Waals surface area contributed by atoms with Gasteiger partial charge in [-0.3, -0.25) is 14.9 Å². The Bertz CT molecular complexity index is 1330. The summed E-state index contributed by atoms with van der Waals surface area (Å²) in [6.07, 6.45) is 2.00. The van der Waals surface area contributed by atoms with E-state index in [-0.39, 0.29) is 11.8 Å². The van der Waals surface area contributed by atoms with Crippen molar-refractivity contribution in [3.05, 3.63) is 112 Å². The topological polar surface area (TPSA) is 55.4 Å². The van der Waals surface area contributed by atoms with Gasteiger partial charge in [0.25, 0.3) is 0 Å². The van der Waals surface area contributed by atoms with E-state index in [1.807, 2.05) is 112 Å². The first kappa shape index (κ1) is 26.7. The van der Waals surface area contributed by atoms with Crippen molar-refractivity contribution in [2.45, 2.75) is 44.4 Å². The summed E-state index contributed by atoms with van der Waals surface area (Å²) < 4.78 is 5.91. The Labute approximate surface area is 233 Å². The molecule has 4 atom stereocenters. The molecular formula is C32H32ClNO3S. The molecule has 0 radical (unpaired) electrons. The highest BCUT2D eigenvalue weighted by Gasteiger charge is 2.63. The Hall–Kier alpha value is -2.86. The fraction of sp³-hybridized carbons (Fsp3) is 0.312. The van der Waals surface area contributed by atoms with E-state index in [1.54, 1.807) is 11.8 Å². The van der Waals surface area contributed by atoms with Crippen LogP contribution in [0.1, 0.15) is 49.4 Å². The van der Waals surface area contributed by atoms with E-state index < -0.39 is 29.0 Å². The number of carbonyl (C=O) groups is 2. The molecule has 3 aromatic carbocycles. The van der Waals surface area contributed by atoms with Gasteiger partial charge in [0.05, 0.1) is 5.41 Å². The summed E-state index contributed by atoms with van der Waals surface area (Å²) in [6.45, 7) is 5.60. The van der Waals surface area contributed by atoms with Crippen LogP contribution in [0.3, 0.4) is 0 Å². The Morgan fingerprint density at radius 1 is 0.974 bits per heavy atom. The lowest BCUT2D eigenvalue weighted by Gasteiger charge is -2.42. The molecule has 1 N–H and O–H groups in total. The van der Waals surface area contributed by atoms with Gasteiger partial charge in [-0.15, -0.1) is 0 Å². The van der Waals surface area contributed by atoms with Crippen LogP contribution in [0.4, 0.5) is 0 Å². The summed E-state index contributed by atoms with van der Waals surface area (Å²) in [5.41, 5.74) is 2.06. The van der Waals surface area contributed by atoms with Gasteiger partial charge in [-0.2, -0.15) is 11.8 Å². The zero-order chi connectivity index (χ0) is 26.9. The Balaban J connectivity index is 1.69. The fourth-order valence-electron chi connectivity index (χ4n) is 5.73. The number of hydrogen-bond acceptors (Lipinski definition) is 5. The molecule has 0 aliphatic carbocycles. The third-order valence-electron chi connectivity index (χ3n) is 7.23. The third kappa shape index (κ3) is 5.20. The van der Waals surface area contributed by atoms with Gasteiger partial charge in [0.2, 0.25) is 0 Å². The van der Waals surface area contributed by atoms with Gasteiger partial charge in [0.1, 0.15) is 11.6 Å². The highest BCUT2D eigenvalue weighted by Crippen LogP contribution is 2.58. The Kier molecular flexibility index (Phi) is 7.54. The van der Waals surface area contributed by atoms with E-state index in [2.05, 4.69) is 5.32 Å². The van der Waals surface area contributed by atoms with Crippen molar-refractivity contribution in [3.8, 4) is 0 Å². The zero-order valence-electron chi connectivity index (χ0n) is 21.8. The molecule has 3 aromatic rings. The first-order valence-corrected chi connectivity index (χ1v) is 14.4. The smallest absolute Gasteiger partial charge is 0.324 e. The average Bonchev–Trinajstić information content (AvgIpc) is 3.23. The Morgan fingerprint density at radius 2 is 1.61 bits per heavy atom.